The number of anilines is 1. The van der Waals surface area contributed by atoms with E-state index in [1.54, 1.807) is 9.58 Å². The van der Waals surface area contributed by atoms with Gasteiger partial charge in [-0.15, -0.1) is 0 Å². The smallest absolute Gasteiger partial charge is 0.278 e. The molecule has 1 aliphatic rings. The van der Waals surface area contributed by atoms with Gasteiger partial charge in [-0.3, -0.25) is 14.4 Å². The number of hydrogen-bond acceptors (Lipinski definition) is 5. The number of carbonyl (C=O) groups excluding carboxylic acids is 1. The van der Waals surface area contributed by atoms with Crippen LogP contribution in [0.1, 0.15) is 41.5 Å². The number of halogens is 1. The highest BCUT2D eigenvalue weighted by Crippen LogP contribution is 2.34. The summed E-state index contributed by atoms with van der Waals surface area (Å²) in [6.07, 6.45) is 2.00. The standard InChI is InChI=1S/C20H23ClN4O2S/c1-4-25-16(9-13(3)23-25)19(26)24(11-15-6-5-7-27-15)20-22-18-12(2)8-14(21)10-17(18)28-20/h8-10,15H,4-7,11H2,1-3H3. The van der Waals surface area contributed by atoms with Crippen LogP contribution in [-0.2, 0) is 11.3 Å². The molecule has 1 unspecified atom stereocenters. The van der Waals surface area contributed by atoms with Crippen molar-refractivity contribution in [1.29, 1.82) is 0 Å². The lowest BCUT2D eigenvalue weighted by atomic mass is 10.2. The number of aryl methyl sites for hydroxylation is 3. The van der Waals surface area contributed by atoms with E-state index in [1.165, 1.54) is 11.3 Å². The van der Waals surface area contributed by atoms with E-state index in [1.807, 2.05) is 39.0 Å². The van der Waals surface area contributed by atoms with Crippen molar-refractivity contribution in [2.24, 2.45) is 0 Å². The van der Waals surface area contributed by atoms with Crippen molar-refractivity contribution < 1.29 is 9.53 Å². The van der Waals surface area contributed by atoms with Gasteiger partial charge in [-0.2, -0.15) is 5.10 Å². The van der Waals surface area contributed by atoms with Crippen molar-refractivity contribution in [3.05, 3.63) is 40.2 Å². The summed E-state index contributed by atoms with van der Waals surface area (Å²) < 4.78 is 8.53. The average Bonchev–Trinajstić information content (AvgIpc) is 3.38. The Hall–Kier alpha value is -1.96. The van der Waals surface area contributed by atoms with Gasteiger partial charge in [0.2, 0.25) is 0 Å². The van der Waals surface area contributed by atoms with Gasteiger partial charge in [0.15, 0.2) is 5.13 Å². The molecule has 4 rings (SSSR count). The molecule has 3 aromatic rings. The zero-order valence-electron chi connectivity index (χ0n) is 16.2. The largest absolute Gasteiger partial charge is 0.376 e. The molecule has 1 amide bonds. The third-order valence-corrected chi connectivity index (χ3v) is 6.19. The zero-order chi connectivity index (χ0) is 19.8. The summed E-state index contributed by atoms with van der Waals surface area (Å²) in [6.45, 7) is 7.73. The summed E-state index contributed by atoms with van der Waals surface area (Å²) in [4.78, 5) is 20.0. The lowest BCUT2D eigenvalue weighted by Crippen LogP contribution is -2.38. The number of carbonyl (C=O) groups is 1. The number of thiazole rings is 1. The number of nitrogens with zero attached hydrogens (tertiary/aromatic N) is 4. The first-order valence-electron chi connectivity index (χ1n) is 9.51. The molecule has 1 aromatic carbocycles. The Labute approximate surface area is 173 Å². The number of hydrogen-bond donors (Lipinski definition) is 0. The van der Waals surface area contributed by atoms with Crippen LogP contribution in [0.4, 0.5) is 5.13 Å². The van der Waals surface area contributed by atoms with Crippen molar-refractivity contribution in [3.63, 3.8) is 0 Å². The highest BCUT2D eigenvalue weighted by molar-refractivity contribution is 7.22. The van der Waals surface area contributed by atoms with Crippen LogP contribution >= 0.6 is 22.9 Å². The van der Waals surface area contributed by atoms with E-state index < -0.39 is 0 Å². The fraction of sp³-hybridized carbons (Fsp3) is 0.450. The van der Waals surface area contributed by atoms with E-state index in [2.05, 4.69) is 5.10 Å². The van der Waals surface area contributed by atoms with Crippen LogP contribution in [-0.4, -0.2) is 39.9 Å². The second-order valence-corrected chi connectivity index (χ2v) is 8.55. The highest BCUT2D eigenvalue weighted by atomic mass is 35.5. The van der Waals surface area contributed by atoms with Crippen LogP contribution in [0, 0.1) is 13.8 Å². The Kier molecular flexibility index (Phi) is 5.40. The topological polar surface area (TPSA) is 60.2 Å². The van der Waals surface area contributed by atoms with Gasteiger partial charge < -0.3 is 4.74 Å². The molecule has 28 heavy (non-hydrogen) atoms. The number of rotatable bonds is 5. The second-order valence-electron chi connectivity index (χ2n) is 7.10. The Bertz CT molecular complexity index is 1020. The van der Waals surface area contributed by atoms with Crippen molar-refractivity contribution in [1.82, 2.24) is 14.8 Å². The molecule has 8 heteroatoms. The molecule has 0 bridgehead atoms. The van der Waals surface area contributed by atoms with E-state index in [-0.39, 0.29) is 12.0 Å². The Morgan fingerprint density at radius 3 is 2.93 bits per heavy atom. The second kappa shape index (κ2) is 7.81. The van der Waals surface area contributed by atoms with E-state index in [4.69, 9.17) is 21.3 Å². The van der Waals surface area contributed by atoms with Crippen LogP contribution in [0.25, 0.3) is 10.2 Å². The van der Waals surface area contributed by atoms with E-state index >= 15 is 0 Å². The molecular formula is C20H23ClN4O2S. The lowest BCUT2D eigenvalue weighted by molar-refractivity contribution is 0.0908. The number of amides is 1. The maximum Gasteiger partial charge on any atom is 0.278 e. The quantitative estimate of drug-likeness (QED) is 0.607. The van der Waals surface area contributed by atoms with Gasteiger partial charge in [0.1, 0.15) is 5.69 Å². The van der Waals surface area contributed by atoms with Crippen LogP contribution in [0.15, 0.2) is 18.2 Å². The number of fused-ring (bicyclic) bond motifs is 1. The van der Waals surface area contributed by atoms with Crippen molar-refractivity contribution in [2.75, 3.05) is 18.1 Å². The molecule has 0 radical (unpaired) electrons. The summed E-state index contributed by atoms with van der Waals surface area (Å²) in [5.41, 5.74) is 3.29. The highest BCUT2D eigenvalue weighted by Gasteiger charge is 2.29. The van der Waals surface area contributed by atoms with E-state index in [0.29, 0.717) is 28.9 Å². The van der Waals surface area contributed by atoms with Gasteiger partial charge in [0.05, 0.1) is 28.6 Å². The van der Waals surface area contributed by atoms with Gasteiger partial charge >= 0.3 is 0 Å². The fourth-order valence-electron chi connectivity index (χ4n) is 3.59. The van der Waals surface area contributed by atoms with Gasteiger partial charge in [0, 0.05) is 18.2 Å². The Morgan fingerprint density at radius 1 is 1.39 bits per heavy atom. The van der Waals surface area contributed by atoms with Gasteiger partial charge in [0.25, 0.3) is 5.91 Å². The normalized spacial score (nSPS) is 16.8. The predicted molar refractivity (Wildman–Crippen MR) is 113 cm³/mol. The summed E-state index contributed by atoms with van der Waals surface area (Å²) in [7, 11) is 0. The third kappa shape index (κ3) is 3.66. The third-order valence-electron chi connectivity index (χ3n) is 4.95. The summed E-state index contributed by atoms with van der Waals surface area (Å²) in [5.74, 6) is -0.0965. The molecule has 0 aliphatic carbocycles. The molecular weight excluding hydrogens is 396 g/mol. The summed E-state index contributed by atoms with van der Waals surface area (Å²) in [5, 5.41) is 5.78. The van der Waals surface area contributed by atoms with Crippen molar-refractivity contribution in [3.8, 4) is 0 Å². The first kappa shape index (κ1) is 19.4. The predicted octanol–water partition coefficient (Wildman–Crippen LogP) is 4.61. The maximum absolute atomic E-state index is 13.5. The van der Waals surface area contributed by atoms with Crippen molar-refractivity contribution in [2.45, 2.75) is 46.3 Å². The average molecular weight is 419 g/mol. The van der Waals surface area contributed by atoms with E-state index in [0.717, 1.165) is 40.9 Å². The molecule has 1 atom stereocenters. The minimum atomic E-state index is -0.0965. The van der Waals surface area contributed by atoms with Crippen LogP contribution in [0.3, 0.4) is 0 Å². The minimum absolute atomic E-state index is 0.0275. The molecule has 1 fully saturated rings. The van der Waals surface area contributed by atoms with Gasteiger partial charge in [-0.05, 0) is 57.4 Å². The van der Waals surface area contributed by atoms with E-state index in [9.17, 15) is 4.79 Å². The first-order chi connectivity index (χ1) is 13.5. The molecule has 1 aliphatic heterocycles. The van der Waals surface area contributed by atoms with Crippen LogP contribution in [0.2, 0.25) is 5.02 Å². The Morgan fingerprint density at radius 2 is 2.21 bits per heavy atom. The molecule has 0 saturated carbocycles. The molecule has 3 heterocycles. The SMILES string of the molecule is CCn1nc(C)cc1C(=O)N(CC1CCCO1)c1nc2c(C)cc(Cl)cc2s1. The van der Waals surface area contributed by atoms with Crippen molar-refractivity contribution >= 4 is 44.2 Å². The Balaban J connectivity index is 1.76. The van der Waals surface area contributed by atoms with Gasteiger partial charge in [-0.25, -0.2) is 4.98 Å². The van der Waals surface area contributed by atoms with Gasteiger partial charge in [-0.1, -0.05) is 22.9 Å². The number of ether oxygens (including phenoxy) is 1. The van der Waals surface area contributed by atoms with Crippen LogP contribution < -0.4 is 4.90 Å². The first-order valence-corrected chi connectivity index (χ1v) is 10.7. The molecule has 2 aromatic heterocycles. The molecule has 148 valence electrons. The summed E-state index contributed by atoms with van der Waals surface area (Å²) >= 11 is 7.70. The lowest BCUT2D eigenvalue weighted by Gasteiger charge is -2.23. The monoisotopic (exact) mass is 418 g/mol. The molecule has 1 saturated heterocycles. The molecule has 0 N–H and O–H groups in total. The van der Waals surface area contributed by atoms with Crippen LogP contribution in [0.5, 0.6) is 0 Å². The number of benzene rings is 1. The maximum atomic E-state index is 13.5. The zero-order valence-corrected chi connectivity index (χ0v) is 17.8. The fourth-order valence-corrected chi connectivity index (χ4v) is 5.02. The molecule has 6 nitrogen and oxygen atoms in total. The molecule has 0 spiro atoms. The summed E-state index contributed by atoms with van der Waals surface area (Å²) in [6, 6.07) is 5.64. The number of aromatic nitrogens is 3. The minimum Gasteiger partial charge on any atom is -0.376 e.